The second kappa shape index (κ2) is 5.88. The van der Waals surface area contributed by atoms with Gasteiger partial charge in [0.15, 0.2) is 0 Å². The van der Waals surface area contributed by atoms with Gasteiger partial charge < -0.3 is 10.6 Å². The Kier molecular flexibility index (Phi) is 4.70. The summed E-state index contributed by atoms with van der Waals surface area (Å²) in [6, 6.07) is 0. The van der Waals surface area contributed by atoms with E-state index < -0.39 is 0 Å². The van der Waals surface area contributed by atoms with Crippen LogP contribution in [0.5, 0.6) is 0 Å². The first-order valence-corrected chi connectivity index (χ1v) is 5.35. The third-order valence-corrected chi connectivity index (χ3v) is 2.30. The smallest absolute Gasteiger partial charge is 0.202 e. The summed E-state index contributed by atoms with van der Waals surface area (Å²) in [7, 11) is 0. The highest BCUT2D eigenvalue weighted by Gasteiger charge is 1.96. The molecule has 1 aromatic heterocycles. The topological polar surface area (TPSA) is 49.8 Å². The van der Waals surface area contributed by atoms with Crippen LogP contribution in [-0.2, 0) is 0 Å². The van der Waals surface area contributed by atoms with E-state index in [9.17, 15) is 0 Å². The lowest BCUT2D eigenvalue weighted by atomic mass is 10.5. The summed E-state index contributed by atoms with van der Waals surface area (Å²) in [5, 5.41) is 7.43. The predicted molar refractivity (Wildman–Crippen MR) is 56.3 cm³/mol. The molecule has 0 aliphatic rings. The van der Waals surface area contributed by atoms with Crippen LogP contribution in [0, 0.1) is 6.92 Å². The SMILES string of the molecule is CCCNCCNc1nc(C)ns1. The largest absolute Gasteiger partial charge is 0.359 e. The maximum atomic E-state index is 4.20. The maximum Gasteiger partial charge on any atom is 0.202 e. The minimum atomic E-state index is 0.842. The molecule has 0 amide bonds. The van der Waals surface area contributed by atoms with Gasteiger partial charge in [-0.3, -0.25) is 0 Å². The number of rotatable bonds is 6. The molecule has 13 heavy (non-hydrogen) atoms. The molecule has 0 saturated carbocycles. The highest BCUT2D eigenvalue weighted by Crippen LogP contribution is 2.08. The molecule has 0 aromatic carbocycles. The van der Waals surface area contributed by atoms with Crippen molar-refractivity contribution in [3.63, 3.8) is 0 Å². The minimum Gasteiger partial charge on any atom is -0.359 e. The number of hydrogen-bond acceptors (Lipinski definition) is 5. The molecule has 0 spiro atoms. The van der Waals surface area contributed by atoms with Crippen LogP contribution in [0.1, 0.15) is 19.2 Å². The van der Waals surface area contributed by atoms with Gasteiger partial charge in [0.2, 0.25) is 5.13 Å². The molecule has 1 aromatic rings. The molecule has 74 valence electrons. The van der Waals surface area contributed by atoms with Gasteiger partial charge in [-0.15, -0.1) is 0 Å². The first-order chi connectivity index (χ1) is 6.33. The molecule has 2 N–H and O–H groups in total. The fourth-order valence-corrected chi connectivity index (χ4v) is 1.53. The van der Waals surface area contributed by atoms with E-state index in [2.05, 4.69) is 26.9 Å². The van der Waals surface area contributed by atoms with Gasteiger partial charge in [0.1, 0.15) is 5.82 Å². The zero-order chi connectivity index (χ0) is 9.52. The van der Waals surface area contributed by atoms with Crippen LogP contribution < -0.4 is 10.6 Å². The molecule has 0 fully saturated rings. The first kappa shape index (κ1) is 10.4. The summed E-state index contributed by atoms with van der Waals surface area (Å²) in [6.45, 7) is 7.03. The van der Waals surface area contributed by atoms with Crippen LogP contribution in [0.25, 0.3) is 0 Å². The third-order valence-electron chi connectivity index (χ3n) is 1.53. The standard InChI is InChI=1S/C8H16N4S/c1-3-4-9-5-6-10-8-11-7(2)12-13-8/h9H,3-6H2,1-2H3,(H,10,11,12). The van der Waals surface area contributed by atoms with Crippen LogP contribution in [0.3, 0.4) is 0 Å². The second-order valence-corrected chi connectivity index (χ2v) is 3.58. The fraction of sp³-hybridized carbons (Fsp3) is 0.750. The number of hydrogen-bond donors (Lipinski definition) is 2. The van der Waals surface area contributed by atoms with Gasteiger partial charge in [0.25, 0.3) is 0 Å². The molecular weight excluding hydrogens is 184 g/mol. The van der Waals surface area contributed by atoms with E-state index in [4.69, 9.17) is 0 Å². The zero-order valence-corrected chi connectivity index (χ0v) is 8.95. The average Bonchev–Trinajstić information content (AvgIpc) is 2.51. The summed E-state index contributed by atoms with van der Waals surface area (Å²) < 4.78 is 4.08. The Hall–Kier alpha value is -0.680. The lowest BCUT2D eigenvalue weighted by Gasteiger charge is -2.02. The first-order valence-electron chi connectivity index (χ1n) is 4.58. The van der Waals surface area contributed by atoms with Crippen LogP contribution >= 0.6 is 11.5 Å². The summed E-state index contributed by atoms with van der Waals surface area (Å²) >= 11 is 1.41. The molecule has 1 rings (SSSR count). The van der Waals surface area contributed by atoms with E-state index >= 15 is 0 Å². The van der Waals surface area contributed by atoms with Gasteiger partial charge in [-0.25, -0.2) is 4.98 Å². The maximum absolute atomic E-state index is 4.20. The van der Waals surface area contributed by atoms with Gasteiger partial charge >= 0.3 is 0 Å². The normalized spacial score (nSPS) is 10.3. The van der Waals surface area contributed by atoms with E-state index in [0.29, 0.717) is 0 Å². The Morgan fingerprint density at radius 1 is 1.31 bits per heavy atom. The molecule has 0 radical (unpaired) electrons. The third kappa shape index (κ3) is 4.19. The van der Waals surface area contributed by atoms with Crippen molar-refractivity contribution in [3.8, 4) is 0 Å². The van der Waals surface area contributed by atoms with E-state index in [1.807, 2.05) is 6.92 Å². The van der Waals surface area contributed by atoms with Crippen molar-refractivity contribution < 1.29 is 0 Å². The Balaban J connectivity index is 2.06. The van der Waals surface area contributed by atoms with Gasteiger partial charge in [0, 0.05) is 24.6 Å². The summed E-state index contributed by atoms with van der Waals surface area (Å²) in [5.74, 6) is 0.842. The van der Waals surface area contributed by atoms with Crippen LogP contribution in [0.15, 0.2) is 0 Å². The second-order valence-electron chi connectivity index (χ2n) is 2.82. The Labute approximate surface area is 82.9 Å². The molecule has 0 aliphatic heterocycles. The quantitative estimate of drug-likeness (QED) is 0.679. The van der Waals surface area contributed by atoms with Crippen molar-refractivity contribution in [2.45, 2.75) is 20.3 Å². The molecule has 0 unspecified atom stereocenters. The van der Waals surface area contributed by atoms with Gasteiger partial charge in [-0.2, -0.15) is 4.37 Å². The van der Waals surface area contributed by atoms with Crippen molar-refractivity contribution in [3.05, 3.63) is 5.82 Å². The molecule has 1 heterocycles. The van der Waals surface area contributed by atoms with E-state index in [0.717, 1.165) is 30.6 Å². The number of nitrogens with one attached hydrogen (secondary N) is 2. The number of nitrogens with zero attached hydrogens (tertiary/aromatic N) is 2. The van der Waals surface area contributed by atoms with Gasteiger partial charge in [-0.05, 0) is 19.9 Å². The fourth-order valence-electron chi connectivity index (χ4n) is 0.928. The predicted octanol–water partition coefficient (Wildman–Crippen LogP) is 1.26. The molecule has 4 nitrogen and oxygen atoms in total. The number of aryl methyl sites for hydroxylation is 1. The van der Waals surface area contributed by atoms with Crippen molar-refractivity contribution >= 4 is 16.7 Å². The highest BCUT2D eigenvalue weighted by atomic mass is 32.1. The van der Waals surface area contributed by atoms with Crippen LogP contribution in [-0.4, -0.2) is 29.0 Å². The Morgan fingerprint density at radius 3 is 2.77 bits per heavy atom. The monoisotopic (exact) mass is 200 g/mol. The number of aromatic nitrogens is 2. The number of anilines is 1. The van der Waals surface area contributed by atoms with E-state index in [1.165, 1.54) is 18.0 Å². The van der Waals surface area contributed by atoms with Crippen molar-refractivity contribution in [2.24, 2.45) is 0 Å². The lowest BCUT2D eigenvalue weighted by Crippen LogP contribution is -2.22. The molecule has 0 atom stereocenters. The molecule has 0 saturated heterocycles. The van der Waals surface area contributed by atoms with Gasteiger partial charge in [-0.1, -0.05) is 6.92 Å². The Morgan fingerprint density at radius 2 is 2.15 bits per heavy atom. The van der Waals surface area contributed by atoms with Crippen molar-refractivity contribution in [1.82, 2.24) is 14.7 Å². The van der Waals surface area contributed by atoms with Crippen molar-refractivity contribution in [2.75, 3.05) is 25.0 Å². The summed E-state index contributed by atoms with van der Waals surface area (Å²) in [5.41, 5.74) is 0. The average molecular weight is 200 g/mol. The molecular formula is C8H16N4S. The highest BCUT2D eigenvalue weighted by molar-refractivity contribution is 7.09. The summed E-state index contributed by atoms with van der Waals surface area (Å²) in [4.78, 5) is 4.20. The van der Waals surface area contributed by atoms with Crippen LogP contribution in [0.2, 0.25) is 0 Å². The minimum absolute atomic E-state index is 0.842. The molecule has 5 heteroatoms. The summed E-state index contributed by atoms with van der Waals surface area (Å²) in [6.07, 6.45) is 1.18. The zero-order valence-electron chi connectivity index (χ0n) is 8.13. The van der Waals surface area contributed by atoms with Gasteiger partial charge in [0.05, 0.1) is 0 Å². The van der Waals surface area contributed by atoms with Crippen LogP contribution in [0.4, 0.5) is 5.13 Å². The molecule has 0 bridgehead atoms. The van der Waals surface area contributed by atoms with E-state index in [-0.39, 0.29) is 0 Å². The van der Waals surface area contributed by atoms with E-state index in [1.54, 1.807) is 0 Å². The molecule has 0 aliphatic carbocycles. The van der Waals surface area contributed by atoms with Crippen molar-refractivity contribution in [1.29, 1.82) is 0 Å². The Bertz CT molecular complexity index is 236. The lowest BCUT2D eigenvalue weighted by molar-refractivity contribution is 0.687.